The molecule has 4 heterocycles. The van der Waals surface area contributed by atoms with Crippen LogP contribution < -0.4 is 15.7 Å². The molecule has 0 amide bonds. The minimum Gasteiger partial charge on any atom is -0.455 e. The Hall–Kier alpha value is -6.00. The van der Waals surface area contributed by atoms with Crippen LogP contribution in [-0.2, 0) is 16.2 Å². The number of furan rings is 1. The monoisotopic (exact) mass is 752 g/mol. The molecule has 2 aromatic heterocycles. The summed E-state index contributed by atoms with van der Waals surface area (Å²) < 4.78 is 9.82. The van der Waals surface area contributed by atoms with E-state index in [4.69, 9.17) is 4.42 Å². The van der Waals surface area contributed by atoms with Gasteiger partial charge in [-0.25, -0.2) is 0 Å². The molecule has 9 aromatic rings. The van der Waals surface area contributed by atoms with Crippen LogP contribution in [-0.4, -0.2) is 11.4 Å². The molecule has 11 rings (SSSR count). The molecule has 0 radical (unpaired) electrons. The van der Waals surface area contributed by atoms with Crippen LogP contribution in [0, 0.1) is 0 Å². The quantitative estimate of drug-likeness (QED) is 0.164. The fraction of sp³-hybridized carbons (Fsp3) is 0.222. The summed E-state index contributed by atoms with van der Waals surface area (Å²) in [5, 5.41) is 4.94. The zero-order chi connectivity index (χ0) is 40.0. The lowest BCUT2D eigenvalue weighted by atomic mass is 9.43. The second-order valence-corrected chi connectivity index (χ2v) is 19.8. The highest BCUT2D eigenvalue weighted by Gasteiger charge is 2.46. The van der Waals surface area contributed by atoms with E-state index in [1.54, 1.807) is 0 Å². The molecule has 284 valence electrons. The van der Waals surface area contributed by atoms with E-state index >= 15 is 0 Å². The van der Waals surface area contributed by atoms with E-state index in [1.807, 2.05) is 0 Å². The first-order valence-corrected chi connectivity index (χ1v) is 20.9. The normalized spacial score (nSPS) is 13.9. The average Bonchev–Trinajstić information content (AvgIpc) is 3.75. The Labute approximate surface area is 342 Å². The number of hydrogen-bond acceptors (Lipinski definition) is 2. The third-order valence-electron chi connectivity index (χ3n) is 13.0. The maximum Gasteiger partial charge on any atom is 0.333 e. The van der Waals surface area contributed by atoms with Gasteiger partial charge in [0.25, 0.3) is 0 Å². The van der Waals surface area contributed by atoms with Crippen LogP contribution in [0.3, 0.4) is 0 Å². The SMILES string of the molecule is CC(C)(C)c1ccc2c(c1)B1c3c(c4oc5ccccc5c4c4c5cc(C(C)(C)C)ccc5n-2c34)-c2cc(C(C)(C)C)ccc2N1c1ccc(-c2ccccc2)cc1. The van der Waals surface area contributed by atoms with Crippen molar-refractivity contribution in [3.8, 4) is 27.9 Å². The fourth-order valence-electron chi connectivity index (χ4n) is 9.91. The Morgan fingerprint density at radius 2 is 1.12 bits per heavy atom. The van der Waals surface area contributed by atoms with Gasteiger partial charge < -0.3 is 13.8 Å². The van der Waals surface area contributed by atoms with Crippen molar-refractivity contribution in [1.82, 2.24) is 4.57 Å². The van der Waals surface area contributed by atoms with Crippen LogP contribution in [0.1, 0.15) is 79.0 Å². The van der Waals surface area contributed by atoms with E-state index in [0.717, 1.165) is 11.2 Å². The number of benzene rings is 7. The molecule has 0 spiro atoms. The van der Waals surface area contributed by atoms with Gasteiger partial charge in [0.1, 0.15) is 11.2 Å². The van der Waals surface area contributed by atoms with Gasteiger partial charge in [0.15, 0.2) is 0 Å². The summed E-state index contributed by atoms with van der Waals surface area (Å²) in [4.78, 5) is 2.64. The van der Waals surface area contributed by atoms with Crippen LogP contribution in [0.15, 0.2) is 138 Å². The molecular weight excluding hydrogens is 703 g/mol. The van der Waals surface area contributed by atoms with E-state index in [0.29, 0.717) is 0 Å². The van der Waals surface area contributed by atoms with Gasteiger partial charge in [-0.2, -0.15) is 0 Å². The maximum absolute atomic E-state index is 7.21. The van der Waals surface area contributed by atoms with Crippen LogP contribution in [0.25, 0.3) is 71.7 Å². The van der Waals surface area contributed by atoms with E-state index in [1.165, 1.54) is 99.5 Å². The van der Waals surface area contributed by atoms with Crippen LogP contribution >= 0.6 is 0 Å². The molecule has 2 aliphatic rings. The number of hydrogen-bond donors (Lipinski definition) is 0. The Bertz CT molecular complexity index is 3160. The van der Waals surface area contributed by atoms with Crippen LogP contribution in [0.4, 0.5) is 11.4 Å². The average molecular weight is 753 g/mol. The molecule has 2 aliphatic heterocycles. The molecule has 58 heavy (non-hydrogen) atoms. The van der Waals surface area contributed by atoms with Crippen molar-refractivity contribution in [3.05, 3.63) is 150 Å². The highest BCUT2D eigenvalue weighted by Crippen LogP contribution is 2.52. The number of fused-ring (bicyclic) bond motifs is 13. The van der Waals surface area contributed by atoms with Crippen molar-refractivity contribution in [1.29, 1.82) is 0 Å². The zero-order valence-electron chi connectivity index (χ0n) is 35.1. The van der Waals surface area contributed by atoms with Crippen molar-refractivity contribution >= 4 is 72.9 Å². The lowest BCUT2D eigenvalue weighted by Gasteiger charge is -2.42. The molecule has 0 unspecified atom stereocenters. The van der Waals surface area contributed by atoms with Crippen molar-refractivity contribution in [2.75, 3.05) is 4.81 Å². The van der Waals surface area contributed by atoms with Crippen molar-refractivity contribution in [2.24, 2.45) is 0 Å². The van der Waals surface area contributed by atoms with Gasteiger partial charge in [-0.1, -0.05) is 147 Å². The Balaban J connectivity index is 1.36. The minimum atomic E-state index is -0.109. The summed E-state index contributed by atoms with van der Waals surface area (Å²) in [6.07, 6.45) is 0. The lowest BCUT2D eigenvalue weighted by molar-refractivity contribution is 0.590. The number of anilines is 2. The molecule has 7 aromatic carbocycles. The van der Waals surface area contributed by atoms with Crippen LogP contribution in [0.5, 0.6) is 0 Å². The summed E-state index contributed by atoms with van der Waals surface area (Å²) in [5.41, 5.74) is 19.4. The molecule has 0 saturated carbocycles. The maximum atomic E-state index is 7.21. The van der Waals surface area contributed by atoms with Gasteiger partial charge >= 0.3 is 6.85 Å². The molecule has 0 atom stereocenters. The summed E-state index contributed by atoms with van der Waals surface area (Å²) in [7, 11) is 0. The summed E-state index contributed by atoms with van der Waals surface area (Å²) in [6.45, 7) is 20.8. The Morgan fingerprint density at radius 1 is 0.517 bits per heavy atom. The fourth-order valence-corrected chi connectivity index (χ4v) is 9.91. The van der Waals surface area contributed by atoms with Gasteiger partial charge in [0.05, 0.1) is 11.0 Å². The highest BCUT2D eigenvalue weighted by atomic mass is 16.3. The molecule has 0 fully saturated rings. The highest BCUT2D eigenvalue weighted by molar-refractivity contribution is 6.94. The summed E-state index contributed by atoms with van der Waals surface area (Å²) in [6, 6.07) is 50.3. The van der Waals surface area contributed by atoms with Gasteiger partial charge in [-0.15, -0.1) is 0 Å². The predicted octanol–water partition coefficient (Wildman–Crippen LogP) is 13.5. The standard InChI is InChI=1S/C54H49BN2O/c1-52(2,3)34-21-26-42-39(29-34)46-47-38-17-13-14-18-45(38)58-51(47)48-40-30-35(53(4,5)6)22-27-43(40)57(37-24-19-33(20-25-37)32-15-11-10-12-16-32)55-41-31-36(54(7,8)9)23-28-44(41)56(42)50(46)49(48)55/h10-31H,1-9H3. The van der Waals surface area contributed by atoms with Gasteiger partial charge in [-0.05, 0) is 104 Å². The topological polar surface area (TPSA) is 21.3 Å². The van der Waals surface area contributed by atoms with Gasteiger partial charge in [-0.3, -0.25) is 0 Å². The summed E-state index contributed by atoms with van der Waals surface area (Å²) in [5.74, 6) is 0. The predicted molar refractivity (Wildman–Crippen MR) is 249 cm³/mol. The van der Waals surface area contributed by atoms with E-state index in [2.05, 4.69) is 205 Å². The minimum absolute atomic E-state index is 0.0123. The third-order valence-corrected chi connectivity index (χ3v) is 13.0. The zero-order valence-corrected chi connectivity index (χ0v) is 35.1. The molecule has 0 N–H and O–H groups in total. The molecular formula is C54H49BN2O. The van der Waals surface area contributed by atoms with Crippen molar-refractivity contribution < 1.29 is 4.42 Å². The smallest absolute Gasteiger partial charge is 0.333 e. The Kier molecular flexibility index (Phi) is 7.15. The first-order valence-electron chi connectivity index (χ1n) is 20.9. The number of rotatable bonds is 2. The number of nitrogens with zero attached hydrogens (tertiary/aromatic N) is 2. The molecule has 0 bridgehead atoms. The molecule has 4 heteroatoms. The lowest BCUT2D eigenvalue weighted by Crippen LogP contribution is -2.60. The molecule has 0 saturated heterocycles. The van der Waals surface area contributed by atoms with Crippen molar-refractivity contribution in [3.63, 3.8) is 0 Å². The van der Waals surface area contributed by atoms with E-state index in [9.17, 15) is 0 Å². The first kappa shape index (κ1) is 35.2. The van der Waals surface area contributed by atoms with Crippen LogP contribution in [0.2, 0.25) is 0 Å². The second-order valence-electron chi connectivity index (χ2n) is 19.8. The molecule has 3 nitrogen and oxygen atoms in total. The summed E-state index contributed by atoms with van der Waals surface area (Å²) >= 11 is 0. The number of para-hydroxylation sites is 1. The Morgan fingerprint density at radius 3 is 1.83 bits per heavy atom. The third kappa shape index (κ3) is 4.93. The second kappa shape index (κ2) is 11.8. The first-order chi connectivity index (χ1) is 27.7. The van der Waals surface area contributed by atoms with E-state index in [-0.39, 0.29) is 23.1 Å². The number of aromatic nitrogens is 1. The van der Waals surface area contributed by atoms with Gasteiger partial charge in [0.2, 0.25) is 0 Å². The molecule has 0 aliphatic carbocycles. The largest absolute Gasteiger partial charge is 0.455 e. The van der Waals surface area contributed by atoms with Crippen molar-refractivity contribution in [2.45, 2.75) is 78.6 Å². The van der Waals surface area contributed by atoms with E-state index < -0.39 is 0 Å². The van der Waals surface area contributed by atoms with Gasteiger partial charge in [0, 0.05) is 49.7 Å².